The van der Waals surface area contributed by atoms with E-state index in [0.29, 0.717) is 0 Å². The van der Waals surface area contributed by atoms with Crippen LogP contribution in [0.2, 0.25) is 0 Å². The van der Waals surface area contributed by atoms with Crippen molar-refractivity contribution in [3.05, 3.63) is 0 Å². The summed E-state index contributed by atoms with van der Waals surface area (Å²) in [6.45, 7) is 0. The average Bonchev–Trinajstić information content (AvgIpc) is 1.33. The highest BCUT2D eigenvalue weighted by atomic mass is 15.0. The van der Waals surface area contributed by atoms with Crippen LogP contribution >= 0.6 is 0 Å². The van der Waals surface area contributed by atoms with Gasteiger partial charge in [-0.3, -0.25) is 0 Å². The largest absolute Gasteiger partial charge is 0.0502 e. The molecule has 0 aromatic heterocycles. The zero-order valence-electron chi connectivity index (χ0n) is 85.7. The molecule has 734 valence electrons. The Hall–Kier alpha value is 0. The lowest BCUT2D eigenvalue weighted by Crippen LogP contribution is -3.00. The fourth-order valence-corrected chi connectivity index (χ4v) is 73.5. The van der Waals surface area contributed by atoms with Crippen molar-refractivity contribution in [3.63, 3.8) is 0 Å². The van der Waals surface area contributed by atoms with Gasteiger partial charge >= 0.3 is 0 Å². The minimum atomic E-state index is 0.939. The van der Waals surface area contributed by atoms with Crippen LogP contribution in [0.25, 0.3) is 0 Å². The summed E-state index contributed by atoms with van der Waals surface area (Å²) in [7, 11) is 0. The predicted molar refractivity (Wildman–Crippen MR) is 534 cm³/mol. The van der Waals surface area contributed by atoms with Gasteiger partial charge in [-0.05, 0) is 823 Å². The zero-order valence-corrected chi connectivity index (χ0v) is 85.7. The van der Waals surface area contributed by atoms with E-state index in [4.69, 9.17) is 0 Å². The molecule has 0 aromatic rings. The Morgan fingerprint density at radius 2 is 0.358 bits per heavy atom. The molecule has 62 bridgehead atoms. The topological polar surface area (TPSA) is 0 Å². The van der Waals surface area contributed by atoms with Crippen molar-refractivity contribution in [1.82, 2.24) is 0 Å². The number of hydrogen-bond donors (Lipinski definition) is 0. The Kier molecular flexibility index (Phi) is 13.8. The smallest absolute Gasteiger partial charge is 0.0168 e. The summed E-state index contributed by atoms with van der Waals surface area (Å²) in [5.41, 5.74) is 4.77. The van der Waals surface area contributed by atoms with Gasteiger partial charge in [0.15, 0.2) is 0 Å². The van der Waals surface area contributed by atoms with Gasteiger partial charge in [-0.25, -0.2) is 0 Å². The summed E-state index contributed by atoms with van der Waals surface area (Å²) < 4.78 is 0. The van der Waals surface area contributed by atoms with Crippen LogP contribution in [0.3, 0.4) is 0 Å². The molecule has 30 unspecified atom stereocenters. The summed E-state index contributed by atoms with van der Waals surface area (Å²) in [5, 5.41) is 0. The molecule has 0 radical (unpaired) electrons. The summed E-state index contributed by atoms with van der Waals surface area (Å²) in [6, 6.07) is 0. The van der Waals surface area contributed by atoms with E-state index in [1.807, 2.05) is 0 Å². The highest BCUT2D eigenvalue weighted by Gasteiger charge is 2.98. The van der Waals surface area contributed by atoms with Gasteiger partial charge in [0.25, 0.3) is 0 Å². The lowest BCUT2D eigenvalue weighted by Gasteiger charge is -3.03. The van der Waals surface area contributed by atoms with E-state index >= 15 is 0 Å². The SMILES string of the molecule is C12C3C4C1C1C2C3C41.C1C2C3C2C2C1C3C1C3CC4C1C4C32.C1C2CC3C1C(C2)C1CC2CC1C3C2.C1C2CC3C4CC56CC7CC8C9CC(C2)(C(C14)C85)C3C6C9C7.C1C2CC3C4CC5C6CC7C8CC9CC7C(C2)(C6C14)C3(C9)C85.C1C2CC3CC1C1CC2CC3C1.C1C2CC3CC1CC3C2.C1CC2CC1C1C2C2C3CCC(C3)C12.C1CC2CC3CC1CC(C2)C3.C1CC2CC3CCC4CC1C423. The first-order valence-corrected chi connectivity index (χ1v) is 67.6. The molecule has 68 aliphatic rings. The van der Waals surface area contributed by atoms with Gasteiger partial charge in [-0.15, -0.1) is 0 Å². The van der Waals surface area contributed by atoms with Crippen LogP contribution in [0.4, 0.5) is 0 Å². The first kappa shape index (κ1) is 77.3. The van der Waals surface area contributed by atoms with E-state index in [9.17, 15) is 0 Å². The third kappa shape index (κ3) is 8.25. The quantitative estimate of drug-likeness (QED) is 0.227. The molecule has 0 N–H and O–H groups in total. The van der Waals surface area contributed by atoms with Crippen LogP contribution < -0.4 is 0 Å². The zero-order chi connectivity index (χ0) is 85.7. The third-order valence-electron chi connectivity index (χ3n) is 72.2. The van der Waals surface area contributed by atoms with Gasteiger partial charge in [-0.2, -0.15) is 0 Å². The van der Waals surface area contributed by atoms with Gasteiger partial charge in [0, 0.05) is 0 Å². The standard InChI is InChI=1S/2C22H28.C14H16.2C14H20.C12H18.C11H16.C11H18.C9H14.C8H8/c1-9-3-17-11-5-16-15-6-12-14-2-10-4-18(12)21(7-9,19(15)13(1)11)22(17,8-10)20(14)16;1-9-2-12-15-7-22-6-10-3-13-16-8-21(5-9,17(11(1)15)18(13)22)19(12)20(22)14(16)4-10;1-3-7-8(3)12-5(1)11(7)13-6-2-4-9(13)10(4)14(6)12;1-7-2-11-12-4-8-3-10(14(12)6-8)9(1)13(11)5-7;1-2-8-5-7(1)11-12(8)14-10-4-3-9(6-10)13(11)14;1-7-2-11-3-8(1)10-4-9(7)5-12(11)6-10;1-2-8-6-10-4-3-9-5-7(1)11(8,9)10;1-2-9-5-10-3-8(1)4-11(6-9)7-10;1-6-2-8-4-7(1)5-9(8)3-6;1-2-5-3(1)7-4(1)6(2)8(5)7/h2*9-20H,1-8H2;3-14H,1-2H2;2*7-14H,1-6H2;7-12H,1-6H2;7-10H,1-6H2;8-11H,1-7H2;6-9H,1-5H2;1-8H. The molecule has 0 saturated heterocycles. The molecule has 68 saturated carbocycles. The maximum absolute atomic E-state index is 1.75. The molecule has 0 nitrogen and oxygen atoms in total. The summed E-state index contributed by atoms with van der Waals surface area (Å²) in [6.07, 6.45) is 89.4. The second-order valence-corrected chi connectivity index (χ2v) is 71.4. The monoisotopic (exact) mass is 1830 g/mol. The van der Waals surface area contributed by atoms with Crippen LogP contribution in [-0.4, -0.2) is 0 Å². The van der Waals surface area contributed by atoms with Gasteiger partial charge in [-0.1, -0.05) is 12.8 Å². The summed E-state index contributed by atoms with van der Waals surface area (Å²) in [4.78, 5) is 0. The Labute approximate surface area is 829 Å². The van der Waals surface area contributed by atoms with E-state index in [1.54, 1.807) is 347 Å². The minimum Gasteiger partial charge on any atom is -0.0502 e. The Balaban J connectivity index is 0.0000000586. The van der Waals surface area contributed by atoms with Crippen LogP contribution in [0, 0.1) is 489 Å². The Bertz CT molecular complexity index is 4620. The number of hydrogen-bond acceptors (Lipinski definition) is 0. The van der Waals surface area contributed by atoms with Gasteiger partial charge in [0.05, 0.1) is 0 Å². The molecular formula is C137H186. The predicted octanol–water partition coefficient (Wildman–Crippen LogP) is 30.7. The van der Waals surface area contributed by atoms with E-state index < -0.39 is 0 Å². The molecule has 0 aliphatic heterocycles. The fraction of sp³-hybridized carbons (Fsp3) is 1.00. The van der Waals surface area contributed by atoms with Crippen LogP contribution in [0.1, 0.15) is 347 Å². The van der Waals surface area contributed by atoms with Crippen molar-refractivity contribution in [2.45, 2.75) is 347 Å². The van der Waals surface area contributed by atoms with E-state index in [0.717, 1.165) is 38.9 Å². The Morgan fingerprint density at radius 1 is 0.117 bits per heavy atom. The van der Waals surface area contributed by atoms with Crippen LogP contribution in [0.5, 0.6) is 0 Å². The molecule has 137 heavy (non-hydrogen) atoms. The molecule has 68 fully saturated rings. The normalized spacial score (nSPS) is 78.0. The fourth-order valence-electron chi connectivity index (χ4n) is 73.5. The first-order valence-electron chi connectivity index (χ1n) is 67.6. The summed E-state index contributed by atoms with van der Waals surface area (Å²) >= 11 is 0. The van der Waals surface area contributed by atoms with Crippen molar-refractivity contribution in [3.8, 4) is 0 Å². The maximum Gasteiger partial charge on any atom is -0.0168 e. The molecule has 0 aromatic carbocycles. The molecule has 68 rings (SSSR count). The second-order valence-electron chi connectivity index (χ2n) is 71.4. The lowest BCUT2D eigenvalue weighted by molar-refractivity contribution is -0.565. The molecule has 0 heterocycles. The molecule has 30 atom stereocenters. The Morgan fingerprint density at radius 3 is 0.650 bits per heavy atom. The highest BCUT2D eigenvalue weighted by Crippen LogP contribution is 3.02. The average molecular weight is 1830 g/mol. The minimum absolute atomic E-state index is 0.939. The number of rotatable bonds is 0. The molecule has 5 spiro atoms. The maximum atomic E-state index is 1.75. The lowest BCUT2D eigenvalue weighted by atomic mass is 9.01. The van der Waals surface area contributed by atoms with Crippen molar-refractivity contribution in [2.75, 3.05) is 0 Å². The first-order chi connectivity index (χ1) is 67.6. The number of fused-ring (bicyclic) bond motifs is 17. The van der Waals surface area contributed by atoms with Crippen LogP contribution in [0.15, 0.2) is 0 Å². The molecule has 0 heteroatoms. The van der Waals surface area contributed by atoms with Crippen molar-refractivity contribution in [1.29, 1.82) is 0 Å². The summed E-state index contributed by atoms with van der Waals surface area (Å²) in [5.74, 6) is 97.1. The molecule has 68 aliphatic carbocycles. The van der Waals surface area contributed by atoms with Gasteiger partial charge in [0.1, 0.15) is 0 Å². The van der Waals surface area contributed by atoms with E-state index in [2.05, 4.69) is 0 Å². The second kappa shape index (κ2) is 24.5. The van der Waals surface area contributed by atoms with Crippen molar-refractivity contribution in [2.24, 2.45) is 489 Å². The third-order valence-corrected chi connectivity index (χ3v) is 72.2. The molecular weight excluding hydrogens is 1650 g/mol. The molecule has 0 amide bonds. The van der Waals surface area contributed by atoms with Gasteiger partial charge in [0.2, 0.25) is 0 Å². The van der Waals surface area contributed by atoms with Gasteiger partial charge < -0.3 is 0 Å². The van der Waals surface area contributed by atoms with E-state index in [1.165, 1.54) is 450 Å². The van der Waals surface area contributed by atoms with Crippen molar-refractivity contribution < 1.29 is 0 Å². The van der Waals surface area contributed by atoms with Crippen molar-refractivity contribution >= 4 is 0 Å². The highest BCUT2D eigenvalue weighted by molar-refractivity contribution is 5.45. The van der Waals surface area contributed by atoms with E-state index in [-0.39, 0.29) is 0 Å². The van der Waals surface area contributed by atoms with Crippen LogP contribution in [-0.2, 0) is 0 Å².